The third-order valence-electron chi connectivity index (χ3n) is 5.19. The second-order valence-electron chi connectivity index (χ2n) is 6.94. The largest absolute Gasteiger partial charge is 0.495 e. The van der Waals surface area contributed by atoms with Crippen LogP contribution in [-0.2, 0) is 19.3 Å². The van der Waals surface area contributed by atoms with Crippen molar-refractivity contribution in [1.82, 2.24) is 0 Å². The number of para-hydroxylation sites is 1. The highest BCUT2D eigenvalue weighted by molar-refractivity contribution is 7.14. The normalized spacial score (nSPS) is 19.6. The summed E-state index contributed by atoms with van der Waals surface area (Å²) in [4.78, 5) is 17.4. The van der Waals surface area contributed by atoms with E-state index < -0.39 is 0 Å². The zero-order valence-electron chi connectivity index (χ0n) is 14.3. The number of hydrogen-bond donors (Lipinski definition) is 0. The van der Waals surface area contributed by atoms with Crippen molar-refractivity contribution in [2.24, 2.45) is 5.92 Å². The summed E-state index contributed by atoms with van der Waals surface area (Å²) in [6.07, 6.45) is 5.48. The minimum atomic E-state index is 0.132. The lowest BCUT2D eigenvalue weighted by atomic mass is 9.90. The molecule has 1 aromatic carbocycles. The summed E-state index contributed by atoms with van der Waals surface area (Å²) >= 11 is 1.70. The smallest absolute Gasteiger partial charge is 0.268 e. The maximum Gasteiger partial charge on any atom is 0.268 e. The van der Waals surface area contributed by atoms with Crippen molar-refractivity contribution in [3.63, 3.8) is 0 Å². The first kappa shape index (κ1) is 15.7. The van der Waals surface area contributed by atoms with Gasteiger partial charge in [0.1, 0.15) is 5.75 Å². The molecule has 2 aliphatic rings. The van der Waals surface area contributed by atoms with Gasteiger partial charge < -0.3 is 9.64 Å². The number of anilines is 1. The Morgan fingerprint density at radius 2 is 2.17 bits per heavy atom. The zero-order valence-corrected chi connectivity index (χ0v) is 15.1. The highest BCUT2D eigenvalue weighted by Crippen LogP contribution is 2.39. The molecule has 0 unspecified atom stereocenters. The Kier molecular flexibility index (Phi) is 4.09. The molecular weight excluding hydrogens is 318 g/mol. The van der Waals surface area contributed by atoms with Crippen molar-refractivity contribution in [3.8, 4) is 5.75 Å². The molecule has 24 heavy (non-hydrogen) atoms. The highest BCUT2D eigenvalue weighted by atomic mass is 32.1. The molecule has 1 aliphatic heterocycles. The molecule has 4 rings (SSSR count). The molecule has 0 bridgehead atoms. The van der Waals surface area contributed by atoms with Crippen LogP contribution in [0.1, 0.15) is 45.4 Å². The Labute approximate surface area is 147 Å². The second kappa shape index (κ2) is 6.25. The minimum absolute atomic E-state index is 0.132. The average Bonchev–Trinajstić information content (AvgIpc) is 3.03. The Hall–Kier alpha value is -1.81. The van der Waals surface area contributed by atoms with Crippen LogP contribution < -0.4 is 9.64 Å². The molecule has 0 radical (unpaired) electrons. The van der Waals surface area contributed by atoms with E-state index in [0.29, 0.717) is 0 Å². The van der Waals surface area contributed by atoms with Crippen LogP contribution in [-0.4, -0.2) is 19.6 Å². The Morgan fingerprint density at radius 1 is 1.29 bits per heavy atom. The molecule has 0 fully saturated rings. The van der Waals surface area contributed by atoms with Crippen LogP contribution in [0.2, 0.25) is 0 Å². The van der Waals surface area contributed by atoms with Gasteiger partial charge in [-0.25, -0.2) is 0 Å². The van der Waals surface area contributed by atoms with Gasteiger partial charge in [-0.3, -0.25) is 4.79 Å². The Morgan fingerprint density at radius 3 is 3.00 bits per heavy atom. The molecule has 126 valence electrons. The number of aryl methyl sites for hydroxylation is 2. The standard InChI is InChI=1S/C20H23NO2S/c1-13-8-9-17-15(11-13)12-18(24-17)20(22)21-10-4-6-14-5-3-7-16(23-2)19(14)21/h3,5,7,12-13H,4,6,8-11H2,1-2H3/t13-/m1/s1. The van der Waals surface area contributed by atoms with Gasteiger partial charge >= 0.3 is 0 Å². The maximum absolute atomic E-state index is 13.2. The fourth-order valence-electron chi connectivity index (χ4n) is 3.93. The number of amides is 1. The third kappa shape index (κ3) is 2.63. The summed E-state index contributed by atoms with van der Waals surface area (Å²) in [5.41, 5.74) is 3.57. The molecule has 1 aromatic heterocycles. The SMILES string of the molecule is COc1cccc2c1N(C(=O)c1cc3c(s1)CC[C@@H](C)C3)CCC2. The molecule has 2 aromatic rings. The number of hydrogen-bond acceptors (Lipinski definition) is 3. The van der Waals surface area contributed by atoms with Gasteiger partial charge in [0.15, 0.2) is 0 Å². The number of carbonyl (C=O) groups excluding carboxylic acids is 1. The summed E-state index contributed by atoms with van der Waals surface area (Å²) in [5, 5.41) is 0. The summed E-state index contributed by atoms with van der Waals surface area (Å²) < 4.78 is 5.53. The number of rotatable bonds is 2. The zero-order chi connectivity index (χ0) is 16.7. The Bertz CT molecular complexity index is 766. The molecule has 4 heteroatoms. The van der Waals surface area contributed by atoms with Crippen LogP contribution in [0.4, 0.5) is 5.69 Å². The van der Waals surface area contributed by atoms with Crippen molar-refractivity contribution in [1.29, 1.82) is 0 Å². The number of nitrogens with zero attached hydrogens (tertiary/aromatic N) is 1. The van der Waals surface area contributed by atoms with Gasteiger partial charge in [0.25, 0.3) is 5.91 Å². The Balaban J connectivity index is 1.70. The predicted octanol–water partition coefficient (Wildman–Crippen LogP) is 4.47. The quantitative estimate of drug-likeness (QED) is 0.806. The van der Waals surface area contributed by atoms with Crippen LogP contribution in [0.3, 0.4) is 0 Å². The van der Waals surface area contributed by atoms with Crippen molar-refractivity contribution < 1.29 is 9.53 Å². The van der Waals surface area contributed by atoms with E-state index >= 15 is 0 Å². The molecular formula is C20H23NO2S. The molecule has 1 atom stereocenters. The first-order chi connectivity index (χ1) is 11.7. The number of thiophene rings is 1. The summed E-state index contributed by atoms with van der Waals surface area (Å²) in [6, 6.07) is 8.21. The predicted molar refractivity (Wildman–Crippen MR) is 98.5 cm³/mol. The van der Waals surface area contributed by atoms with E-state index in [4.69, 9.17) is 4.74 Å². The van der Waals surface area contributed by atoms with E-state index in [2.05, 4.69) is 19.1 Å². The molecule has 1 aliphatic carbocycles. The second-order valence-corrected chi connectivity index (χ2v) is 8.07. The number of benzene rings is 1. The van der Waals surface area contributed by atoms with Crippen LogP contribution in [0, 0.1) is 5.92 Å². The van der Waals surface area contributed by atoms with E-state index in [1.165, 1.54) is 22.4 Å². The lowest BCUT2D eigenvalue weighted by Gasteiger charge is -2.30. The van der Waals surface area contributed by atoms with Gasteiger partial charge in [-0.05, 0) is 61.3 Å². The van der Waals surface area contributed by atoms with E-state index in [9.17, 15) is 4.79 Å². The van der Waals surface area contributed by atoms with Crippen LogP contribution in [0.25, 0.3) is 0 Å². The molecule has 2 heterocycles. The van der Waals surface area contributed by atoms with E-state index in [-0.39, 0.29) is 5.91 Å². The average molecular weight is 341 g/mol. The summed E-state index contributed by atoms with van der Waals surface area (Å²) in [5.74, 6) is 1.66. The number of carbonyl (C=O) groups is 1. The van der Waals surface area contributed by atoms with Gasteiger partial charge in [0.05, 0.1) is 17.7 Å². The first-order valence-corrected chi connectivity index (χ1v) is 9.58. The lowest BCUT2D eigenvalue weighted by Crippen LogP contribution is -2.35. The lowest BCUT2D eigenvalue weighted by molar-refractivity contribution is 0.0988. The maximum atomic E-state index is 13.2. The molecule has 0 saturated heterocycles. The first-order valence-electron chi connectivity index (χ1n) is 8.76. The van der Waals surface area contributed by atoms with Crippen LogP contribution in [0.5, 0.6) is 5.75 Å². The van der Waals surface area contributed by atoms with Crippen molar-refractivity contribution in [2.45, 2.75) is 39.0 Å². The van der Waals surface area contributed by atoms with Gasteiger partial charge in [0.2, 0.25) is 0 Å². The number of ether oxygens (including phenoxy) is 1. The van der Waals surface area contributed by atoms with Gasteiger partial charge in [0, 0.05) is 11.4 Å². The molecule has 1 amide bonds. The molecule has 0 saturated carbocycles. The van der Waals surface area contributed by atoms with Crippen molar-refractivity contribution in [2.75, 3.05) is 18.6 Å². The highest BCUT2D eigenvalue weighted by Gasteiger charge is 2.29. The number of methoxy groups -OCH3 is 1. The molecule has 3 nitrogen and oxygen atoms in total. The number of fused-ring (bicyclic) bond motifs is 2. The van der Waals surface area contributed by atoms with Gasteiger partial charge in [-0.2, -0.15) is 0 Å². The third-order valence-corrected chi connectivity index (χ3v) is 6.41. The topological polar surface area (TPSA) is 29.5 Å². The molecule has 0 spiro atoms. The summed E-state index contributed by atoms with van der Waals surface area (Å²) in [6.45, 7) is 3.07. The van der Waals surface area contributed by atoms with Crippen molar-refractivity contribution >= 4 is 22.9 Å². The van der Waals surface area contributed by atoms with Gasteiger partial charge in [-0.1, -0.05) is 19.1 Å². The summed E-state index contributed by atoms with van der Waals surface area (Å²) in [7, 11) is 1.68. The van der Waals surface area contributed by atoms with Crippen LogP contribution >= 0.6 is 11.3 Å². The van der Waals surface area contributed by atoms with E-state index in [0.717, 1.165) is 54.5 Å². The van der Waals surface area contributed by atoms with E-state index in [1.54, 1.807) is 18.4 Å². The molecule has 0 N–H and O–H groups in total. The minimum Gasteiger partial charge on any atom is -0.495 e. The van der Waals surface area contributed by atoms with Gasteiger partial charge in [-0.15, -0.1) is 11.3 Å². The van der Waals surface area contributed by atoms with Crippen LogP contribution in [0.15, 0.2) is 24.3 Å². The fourth-order valence-corrected chi connectivity index (χ4v) is 5.08. The van der Waals surface area contributed by atoms with Crippen molar-refractivity contribution in [3.05, 3.63) is 45.1 Å². The fraction of sp³-hybridized carbons (Fsp3) is 0.450. The monoisotopic (exact) mass is 341 g/mol. The van der Waals surface area contributed by atoms with E-state index in [1.807, 2.05) is 17.0 Å².